The SMILES string of the molecule is C=CCN(C)CCCNC(C)C. The van der Waals surface area contributed by atoms with E-state index < -0.39 is 0 Å². The van der Waals surface area contributed by atoms with E-state index in [0.29, 0.717) is 6.04 Å². The van der Waals surface area contributed by atoms with Gasteiger partial charge < -0.3 is 10.2 Å². The van der Waals surface area contributed by atoms with Gasteiger partial charge in [0.25, 0.3) is 0 Å². The first kappa shape index (κ1) is 11.7. The van der Waals surface area contributed by atoms with E-state index in [9.17, 15) is 0 Å². The second-order valence-corrected chi connectivity index (χ2v) is 3.51. The highest BCUT2D eigenvalue weighted by atomic mass is 15.1. The molecule has 0 unspecified atom stereocenters. The molecular weight excluding hydrogens is 148 g/mol. The van der Waals surface area contributed by atoms with Gasteiger partial charge in [-0.1, -0.05) is 19.9 Å². The molecule has 0 aromatic carbocycles. The molecule has 72 valence electrons. The van der Waals surface area contributed by atoms with Gasteiger partial charge in [0, 0.05) is 12.6 Å². The van der Waals surface area contributed by atoms with Crippen molar-refractivity contribution in [2.45, 2.75) is 26.3 Å². The van der Waals surface area contributed by atoms with Crippen LogP contribution >= 0.6 is 0 Å². The fourth-order valence-corrected chi connectivity index (χ4v) is 1.05. The predicted molar refractivity (Wildman–Crippen MR) is 55.4 cm³/mol. The molecule has 0 saturated heterocycles. The number of nitrogens with one attached hydrogen (secondary N) is 1. The van der Waals surface area contributed by atoms with Gasteiger partial charge in [-0.3, -0.25) is 0 Å². The van der Waals surface area contributed by atoms with Crippen LogP contribution in [0.15, 0.2) is 12.7 Å². The van der Waals surface area contributed by atoms with Crippen LogP contribution in [-0.2, 0) is 0 Å². The number of hydrogen-bond acceptors (Lipinski definition) is 2. The van der Waals surface area contributed by atoms with E-state index in [-0.39, 0.29) is 0 Å². The highest BCUT2D eigenvalue weighted by Crippen LogP contribution is 1.87. The molecule has 0 bridgehead atoms. The lowest BCUT2D eigenvalue weighted by Crippen LogP contribution is -2.27. The van der Waals surface area contributed by atoms with Crippen LogP contribution in [0.3, 0.4) is 0 Å². The third kappa shape index (κ3) is 7.76. The largest absolute Gasteiger partial charge is 0.314 e. The van der Waals surface area contributed by atoms with Crippen LogP contribution in [0.2, 0.25) is 0 Å². The summed E-state index contributed by atoms with van der Waals surface area (Å²) in [5.74, 6) is 0. The van der Waals surface area contributed by atoms with Crippen LogP contribution in [0, 0.1) is 0 Å². The molecule has 12 heavy (non-hydrogen) atoms. The molecule has 0 aliphatic heterocycles. The molecule has 0 aliphatic rings. The summed E-state index contributed by atoms with van der Waals surface area (Å²) in [5, 5.41) is 3.39. The fourth-order valence-electron chi connectivity index (χ4n) is 1.05. The summed E-state index contributed by atoms with van der Waals surface area (Å²) in [6.07, 6.45) is 3.15. The summed E-state index contributed by atoms with van der Waals surface area (Å²) in [4.78, 5) is 2.27. The van der Waals surface area contributed by atoms with Crippen molar-refractivity contribution in [1.82, 2.24) is 10.2 Å². The maximum Gasteiger partial charge on any atom is 0.0157 e. The van der Waals surface area contributed by atoms with Gasteiger partial charge in [0.1, 0.15) is 0 Å². The molecule has 0 aromatic heterocycles. The predicted octanol–water partition coefficient (Wildman–Crippen LogP) is 1.49. The Bertz CT molecular complexity index is 110. The Balaban J connectivity index is 3.13. The maximum absolute atomic E-state index is 3.70. The molecule has 0 aliphatic carbocycles. The van der Waals surface area contributed by atoms with Crippen LogP contribution in [0.25, 0.3) is 0 Å². The number of likely N-dealkylation sites (N-methyl/N-ethyl adjacent to an activating group) is 1. The van der Waals surface area contributed by atoms with E-state index in [1.54, 1.807) is 0 Å². The molecule has 0 atom stereocenters. The zero-order valence-corrected chi connectivity index (χ0v) is 8.64. The number of nitrogens with zero attached hydrogens (tertiary/aromatic N) is 1. The van der Waals surface area contributed by atoms with E-state index in [2.05, 4.69) is 37.7 Å². The number of rotatable bonds is 7. The van der Waals surface area contributed by atoms with Crippen molar-refractivity contribution in [3.63, 3.8) is 0 Å². The molecule has 1 N–H and O–H groups in total. The van der Waals surface area contributed by atoms with E-state index >= 15 is 0 Å². The highest BCUT2D eigenvalue weighted by molar-refractivity contribution is 4.71. The molecular formula is C10H22N2. The summed E-state index contributed by atoms with van der Waals surface area (Å²) in [5.41, 5.74) is 0. The normalized spacial score (nSPS) is 11.1. The summed E-state index contributed by atoms with van der Waals surface area (Å²) >= 11 is 0. The fraction of sp³-hybridized carbons (Fsp3) is 0.800. The van der Waals surface area contributed by atoms with E-state index in [4.69, 9.17) is 0 Å². The average molecular weight is 170 g/mol. The maximum atomic E-state index is 3.70. The Morgan fingerprint density at radius 1 is 1.50 bits per heavy atom. The Labute approximate surface area is 76.6 Å². The lowest BCUT2D eigenvalue weighted by atomic mass is 10.3. The Morgan fingerprint density at radius 2 is 2.17 bits per heavy atom. The molecule has 0 aromatic rings. The topological polar surface area (TPSA) is 15.3 Å². The van der Waals surface area contributed by atoms with E-state index in [1.165, 1.54) is 6.42 Å². The van der Waals surface area contributed by atoms with Gasteiger partial charge in [0.05, 0.1) is 0 Å². The third-order valence-electron chi connectivity index (χ3n) is 1.71. The van der Waals surface area contributed by atoms with Gasteiger partial charge in [-0.2, -0.15) is 0 Å². The minimum atomic E-state index is 0.606. The minimum absolute atomic E-state index is 0.606. The van der Waals surface area contributed by atoms with E-state index in [0.717, 1.165) is 19.6 Å². The zero-order valence-electron chi connectivity index (χ0n) is 8.64. The summed E-state index contributed by atoms with van der Waals surface area (Å²) in [6.45, 7) is 11.3. The van der Waals surface area contributed by atoms with Gasteiger partial charge >= 0.3 is 0 Å². The number of hydrogen-bond donors (Lipinski definition) is 1. The quantitative estimate of drug-likeness (QED) is 0.460. The molecule has 0 amide bonds. The van der Waals surface area contributed by atoms with Crippen molar-refractivity contribution in [3.05, 3.63) is 12.7 Å². The second kappa shape index (κ2) is 7.32. The van der Waals surface area contributed by atoms with Gasteiger partial charge in [-0.15, -0.1) is 6.58 Å². The summed E-state index contributed by atoms with van der Waals surface area (Å²) in [6, 6.07) is 0.606. The molecule has 0 fully saturated rings. The van der Waals surface area contributed by atoms with Gasteiger partial charge in [0.15, 0.2) is 0 Å². The molecule has 2 nitrogen and oxygen atoms in total. The molecule has 0 rings (SSSR count). The van der Waals surface area contributed by atoms with Crippen LogP contribution in [0.4, 0.5) is 0 Å². The van der Waals surface area contributed by atoms with Crippen molar-refractivity contribution >= 4 is 0 Å². The van der Waals surface area contributed by atoms with Crippen molar-refractivity contribution in [2.24, 2.45) is 0 Å². The summed E-state index contributed by atoms with van der Waals surface area (Å²) < 4.78 is 0. The summed E-state index contributed by atoms with van der Waals surface area (Å²) in [7, 11) is 2.12. The zero-order chi connectivity index (χ0) is 9.40. The molecule has 0 spiro atoms. The Morgan fingerprint density at radius 3 is 2.67 bits per heavy atom. The first-order valence-corrected chi connectivity index (χ1v) is 4.69. The highest BCUT2D eigenvalue weighted by Gasteiger charge is 1.95. The second-order valence-electron chi connectivity index (χ2n) is 3.51. The van der Waals surface area contributed by atoms with Crippen LogP contribution in [0.1, 0.15) is 20.3 Å². The van der Waals surface area contributed by atoms with Crippen molar-refractivity contribution in [2.75, 3.05) is 26.7 Å². The molecule has 2 heteroatoms. The minimum Gasteiger partial charge on any atom is -0.314 e. The first-order valence-electron chi connectivity index (χ1n) is 4.69. The van der Waals surface area contributed by atoms with Crippen molar-refractivity contribution in [1.29, 1.82) is 0 Å². The Hall–Kier alpha value is -0.340. The first-order chi connectivity index (χ1) is 5.66. The third-order valence-corrected chi connectivity index (χ3v) is 1.71. The molecule has 0 heterocycles. The lowest BCUT2D eigenvalue weighted by Gasteiger charge is -2.14. The molecule has 0 saturated carbocycles. The van der Waals surface area contributed by atoms with Crippen LogP contribution in [-0.4, -0.2) is 37.6 Å². The van der Waals surface area contributed by atoms with Crippen molar-refractivity contribution < 1.29 is 0 Å². The lowest BCUT2D eigenvalue weighted by molar-refractivity contribution is 0.357. The average Bonchev–Trinajstić information content (AvgIpc) is 1.98. The van der Waals surface area contributed by atoms with Gasteiger partial charge in [-0.05, 0) is 26.6 Å². The smallest absolute Gasteiger partial charge is 0.0157 e. The van der Waals surface area contributed by atoms with Gasteiger partial charge in [0.2, 0.25) is 0 Å². The van der Waals surface area contributed by atoms with Crippen molar-refractivity contribution in [3.8, 4) is 0 Å². The standard InChI is InChI=1S/C10H22N2/c1-5-8-12(4)9-6-7-11-10(2)3/h5,10-11H,1,6-9H2,2-4H3. The Kier molecular flexibility index (Phi) is 7.11. The van der Waals surface area contributed by atoms with E-state index in [1.807, 2.05) is 6.08 Å². The van der Waals surface area contributed by atoms with Crippen LogP contribution in [0.5, 0.6) is 0 Å². The van der Waals surface area contributed by atoms with Gasteiger partial charge in [-0.25, -0.2) is 0 Å². The van der Waals surface area contributed by atoms with Crippen LogP contribution < -0.4 is 5.32 Å². The monoisotopic (exact) mass is 170 g/mol. The molecule has 0 radical (unpaired) electrons.